The minimum Gasteiger partial charge on any atom is -0.388 e. The van der Waals surface area contributed by atoms with Crippen molar-refractivity contribution >= 4 is 28.3 Å². The van der Waals surface area contributed by atoms with Gasteiger partial charge in [-0.25, -0.2) is 9.97 Å². The monoisotopic (exact) mass is 691 g/mol. The molecule has 6 heterocycles. The van der Waals surface area contributed by atoms with Crippen LogP contribution in [0.2, 0.25) is 0 Å². The molecule has 2 atom stereocenters. The van der Waals surface area contributed by atoms with E-state index < -0.39 is 17.5 Å². The summed E-state index contributed by atoms with van der Waals surface area (Å²) in [6.45, 7) is 2.88. The zero-order valence-electron chi connectivity index (χ0n) is 26.9. The molecular weight excluding hydrogens is 655 g/mol. The van der Waals surface area contributed by atoms with Crippen molar-refractivity contribution in [2.24, 2.45) is 13.0 Å². The Balaban J connectivity index is 1.01. The van der Waals surface area contributed by atoms with Gasteiger partial charge in [0.25, 0.3) is 5.56 Å². The van der Waals surface area contributed by atoms with E-state index in [-0.39, 0.29) is 29.8 Å². The van der Waals surface area contributed by atoms with Gasteiger partial charge in [0.2, 0.25) is 5.91 Å². The van der Waals surface area contributed by atoms with E-state index in [2.05, 4.69) is 32.0 Å². The molecule has 0 aliphatic carbocycles. The molecule has 1 amide bonds. The highest BCUT2D eigenvalue weighted by Gasteiger charge is 2.41. The van der Waals surface area contributed by atoms with Crippen molar-refractivity contribution in [3.8, 4) is 10.6 Å². The Morgan fingerprint density at radius 1 is 1.02 bits per heavy atom. The van der Waals surface area contributed by atoms with Crippen LogP contribution in [0.3, 0.4) is 0 Å². The molecular formula is C35H36F3N7O3S. The lowest BCUT2D eigenvalue weighted by Crippen LogP contribution is -2.53. The summed E-state index contributed by atoms with van der Waals surface area (Å²) in [5.74, 6) is -0.195. The fraction of sp³-hybridized carbons (Fsp3) is 0.400. The lowest BCUT2D eigenvalue weighted by Gasteiger charge is -2.43. The van der Waals surface area contributed by atoms with Crippen LogP contribution in [-0.4, -0.2) is 76.7 Å². The molecule has 0 radical (unpaired) electrons. The Hall–Kier alpha value is -4.40. The number of nitrogens with zero attached hydrogens (tertiary/aromatic N) is 7. The van der Waals surface area contributed by atoms with Crippen LogP contribution in [0.15, 0.2) is 78.2 Å². The van der Waals surface area contributed by atoms with E-state index in [1.165, 1.54) is 34.5 Å². The van der Waals surface area contributed by atoms with E-state index in [1.807, 2.05) is 30.1 Å². The number of thiazole rings is 1. The van der Waals surface area contributed by atoms with E-state index in [4.69, 9.17) is 0 Å². The molecule has 7 rings (SSSR count). The van der Waals surface area contributed by atoms with Crippen LogP contribution in [0.4, 0.5) is 13.2 Å². The van der Waals surface area contributed by atoms with E-state index in [1.54, 1.807) is 23.0 Å². The van der Waals surface area contributed by atoms with Gasteiger partial charge < -0.3 is 14.6 Å². The minimum atomic E-state index is -4.49. The van der Waals surface area contributed by atoms with Gasteiger partial charge in [0.1, 0.15) is 22.7 Å². The molecule has 2 saturated heterocycles. The predicted octanol–water partition coefficient (Wildman–Crippen LogP) is 4.93. The van der Waals surface area contributed by atoms with Gasteiger partial charge in [0.05, 0.1) is 17.5 Å². The smallest absolute Gasteiger partial charge is 0.388 e. The second-order valence-electron chi connectivity index (χ2n) is 13.1. The number of hydrogen-bond acceptors (Lipinski definition) is 8. The van der Waals surface area contributed by atoms with Crippen LogP contribution in [0.1, 0.15) is 41.3 Å². The highest BCUT2D eigenvalue weighted by atomic mass is 32.1. The number of benzene rings is 1. The van der Waals surface area contributed by atoms with Crippen LogP contribution < -0.4 is 5.56 Å². The number of carbonyl (C=O) groups excluding carboxylic acids is 1. The number of amides is 1. The number of aryl methyl sites for hydroxylation is 1. The van der Waals surface area contributed by atoms with Crippen LogP contribution >= 0.6 is 11.3 Å². The Bertz CT molecular complexity index is 2000. The van der Waals surface area contributed by atoms with Crippen molar-refractivity contribution in [2.75, 3.05) is 26.2 Å². The van der Waals surface area contributed by atoms with E-state index >= 15 is 0 Å². The standard InChI is InChI=1S/C35H36F3N7O3S/c1-42-13-9-27-30(42)41-22-45(33(27)47)21-34(48)11-15-44(16-12-34)32(46)26-10-14-43(20-28(26)23-5-3-2-4-6-23)19-25-18-40-31(49-25)24-7-8-29(39-17-24)35(36,37)38/h2-9,13,17-18,22,26,28,48H,10-12,14-16,19-21H2,1H3/t26-,28+/m1/s1. The number of piperidine rings is 2. The van der Waals surface area contributed by atoms with Gasteiger partial charge >= 0.3 is 6.18 Å². The largest absolute Gasteiger partial charge is 0.433 e. The lowest BCUT2D eigenvalue weighted by atomic mass is 9.79. The normalized spacial score (nSPS) is 20.1. The molecule has 2 aliphatic heterocycles. The summed E-state index contributed by atoms with van der Waals surface area (Å²) in [6.07, 6.45) is 3.10. The van der Waals surface area contributed by atoms with Gasteiger partial charge in [0, 0.05) is 74.1 Å². The molecule has 0 saturated carbocycles. The number of carbonyl (C=O) groups is 1. The molecule has 5 aromatic rings. The average Bonchev–Trinajstić information content (AvgIpc) is 3.73. The van der Waals surface area contributed by atoms with E-state index in [9.17, 15) is 27.9 Å². The third-order valence-corrected chi connectivity index (χ3v) is 10.8. The first kappa shape index (κ1) is 33.1. The van der Waals surface area contributed by atoms with Crippen molar-refractivity contribution in [3.05, 3.63) is 99.9 Å². The maximum absolute atomic E-state index is 14.1. The van der Waals surface area contributed by atoms with Crippen LogP contribution in [0.25, 0.3) is 21.6 Å². The van der Waals surface area contributed by atoms with Gasteiger partial charge in [-0.1, -0.05) is 30.3 Å². The second-order valence-corrected chi connectivity index (χ2v) is 14.2. The van der Waals surface area contributed by atoms with Crippen LogP contribution in [0.5, 0.6) is 0 Å². The summed E-state index contributed by atoms with van der Waals surface area (Å²) in [4.78, 5) is 44.7. The van der Waals surface area contributed by atoms with Crippen LogP contribution in [0, 0.1) is 5.92 Å². The summed E-state index contributed by atoms with van der Waals surface area (Å²) >= 11 is 1.42. The second kappa shape index (κ2) is 13.1. The van der Waals surface area contributed by atoms with E-state index in [0.29, 0.717) is 73.6 Å². The molecule has 2 fully saturated rings. The molecule has 0 unspecified atom stereocenters. The first-order valence-electron chi connectivity index (χ1n) is 16.2. The van der Waals surface area contributed by atoms with Crippen molar-refractivity contribution in [2.45, 2.75) is 50.0 Å². The average molecular weight is 692 g/mol. The maximum Gasteiger partial charge on any atom is 0.433 e. The molecule has 0 spiro atoms. The number of halogens is 3. The summed E-state index contributed by atoms with van der Waals surface area (Å²) in [5, 5.41) is 12.6. The van der Waals surface area contributed by atoms with Gasteiger partial charge in [-0.2, -0.15) is 13.2 Å². The number of aliphatic hydroxyl groups is 1. The molecule has 1 N–H and O–H groups in total. The third kappa shape index (κ3) is 6.90. The fourth-order valence-electron chi connectivity index (χ4n) is 7.07. The van der Waals surface area contributed by atoms with E-state index in [0.717, 1.165) is 16.5 Å². The minimum absolute atomic E-state index is 0.0444. The van der Waals surface area contributed by atoms with Gasteiger partial charge in [-0.3, -0.25) is 24.0 Å². The first-order valence-corrected chi connectivity index (χ1v) is 17.1. The van der Waals surface area contributed by atoms with Crippen molar-refractivity contribution < 1.29 is 23.1 Å². The zero-order chi connectivity index (χ0) is 34.3. The number of aromatic nitrogens is 5. The summed E-state index contributed by atoms with van der Waals surface area (Å²) in [7, 11) is 1.83. The SMILES string of the molecule is Cn1ccc2c(=O)n(CC3(O)CCN(C(=O)[C@@H]4CCN(Cc5cnc(-c6ccc(C(F)(F)F)nc6)s5)C[C@H]4c4ccccc4)CC3)cnc21. The Morgan fingerprint density at radius 3 is 2.51 bits per heavy atom. The number of alkyl halides is 3. The Morgan fingerprint density at radius 2 is 1.80 bits per heavy atom. The number of fused-ring (bicyclic) bond motifs is 1. The van der Waals surface area contributed by atoms with Gasteiger partial charge in [0.15, 0.2) is 0 Å². The first-order chi connectivity index (χ1) is 23.5. The van der Waals surface area contributed by atoms with Gasteiger partial charge in [-0.05, 0) is 49.6 Å². The zero-order valence-corrected chi connectivity index (χ0v) is 27.7. The van der Waals surface area contributed by atoms with Crippen molar-refractivity contribution in [1.29, 1.82) is 0 Å². The third-order valence-electron chi connectivity index (χ3n) is 9.80. The number of likely N-dealkylation sites (tertiary alicyclic amines) is 2. The molecule has 49 heavy (non-hydrogen) atoms. The topological polar surface area (TPSA) is 109 Å². The van der Waals surface area contributed by atoms with Crippen molar-refractivity contribution in [3.63, 3.8) is 0 Å². The quantitative estimate of drug-likeness (QED) is 0.258. The maximum atomic E-state index is 14.1. The number of pyridine rings is 1. The Kier molecular flexibility index (Phi) is 8.88. The molecule has 10 nitrogen and oxygen atoms in total. The summed E-state index contributed by atoms with van der Waals surface area (Å²) in [6, 6.07) is 14.1. The number of hydrogen-bond donors (Lipinski definition) is 1. The molecule has 1 aromatic carbocycles. The molecule has 4 aromatic heterocycles. The Labute approximate surface area is 284 Å². The summed E-state index contributed by atoms with van der Waals surface area (Å²) < 4.78 is 42.1. The predicted molar refractivity (Wildman–Crippen MR) is 179 cm³/mol. The van der Waals surface area contributed by atoms with Crippen molar-refractivity contribution in [1.82, 2.24) is 33.9 Å². The molecule has 2 aliphatic rings. The summed E-state index contributed by atoms with van der Waals surface area (Å²) in [5.41, 5.74) is -0.0423. The highest BCUT2D eigenvalue weighted by Crippen LogP contribution is 2.37. The molecule has 256 valence electrons. The molecule has 14 heteroatoms. The number of rotatable bonds is 7. The fourth-order valence-corrected chi connectivity index (χ4v) is 8.01. The lowest BCUT2D eigenvalue weighted by molar-refractivity contribution is -0.143. The van der Waals surface area contributed by atoms with Gasteiger partial charge in [-0.15, -0.1) is 11.3 Å². The molecule has 0 bridgehead atoms. The van der Waals surface area contributed by atoms with Crippen LogP contribution in [-0.2, 0) is 31.1 Å². The highest BCUT2D eigenvalue weighted by molar-refractivity contribution is 7.15.